The van der Waals surface area contributed by atoms with Crippen LogP contribution >= 0.6 is 23.2 Å². The van der Waals surface area contributed by atoms with Gasteiger partial charge in [-0.15, -0.1) is 0 Å². The number of hydrogen-bond donors (Lipinski definition) is 2. The minimum atomic E-state index is -0.913. The van der Waals surface area contributed by atoms with Gasteiger partial charge in [0.2, 0.25) is 6.08 Å². The molecule has 4 heterocycles. The molecule has 2 aliphatic heterocycles. The lowest BCUT2D eigenvalue weighted by molar-refractivity contribution is -0.147. The lowest BCUT2D eigenvalue weighted by Gasteiger charge is -2.24. The molecule has 0 unspecified atom stereocenters. The van der Waals surface area contributed by atoms with Gasteiger partial charge in [0.15, 0.2) is 46.0 Å². The van der Waals surface area contributed by atoms with Crippen LogP contribution in [0.25, 0.3) is 33.9 Å². The highest BCUT2D eigenvalue weighted by molar-refractivity contribution is 6.31. The molecular formula is C40H42Cl2N8O8. The van der Waals surface area contributed by atoms with E-state index in [-0.39, 0.29) is 22.7 Å². The predicted octanol–water partition coefficient (Wildman–Crippen LogP) is 7.08. The number of ether oxygens (including phenoxy) is 3. The summed E-state index contributed by atoms with van der Waals surface area (Å²) in [5.74, 6) is 0.632. The SMILES string of the molecule is CCN=C=O.CCNC(=O)OC1=C(c2nc(-c3ccc(Cl)cc3)nn2C)C(=O)OC12CCCC2.Cn1nc(-c2ccc(Cl)cc2)nc1C1=C(O)C2(CCCC2)OC1=O. The predicted molar refractivity (Wildman–Crippen MR) is 213 cm³/mol. The number of aromatic nitrogens is 6. The summed E-state index contributed by atoms with van der Waals surface area (Å²) in [6.45, 7) is 4.53. The first-order valence-corrected chi connectivity index (χ1v) is 19.6. The van der Waals surface area contributed by atoms with Crippen molar-refractivity contribution in [2.24, 2.45) is 19.1 Å². The van der Waals surface area contributed by atoms with Gasteiger partial charge in [-0.2, -0.15) is 10.2 Å². The summed E-state index contributed by atoms with van der Waals surface area (Å²) < 4.78 is 19.8. The van der Waals surface area contributed by atoms with Crippen LogP contribution in [0.3, 0.4) is 0 Å². The number of amides is 1. The van der Waals surface area contributed by atoms with Crippen molar-refractivity contribution in [3.63, 3.8) is 0 Å². The lowest BCUT2D eigenvalue weighted by atomic mass is 9.98. The number of carbonyl (C=O) groups excluding carboxylic acids is 4. The highest BCUT2D eigenvalue weighted by Crippen LogP contribution is 2.48. The minimum Gasteiger partial charge on any atom is -0.507 e. The number of carbonyl (C=O) groups is 3. The molecule has 0 radical (unpaired) electrons. The maximum atomic E-state index is 12.8. The standard InChI is InChI=1S/C20H21ClN4O4.C17H16ClN3O3.C3H5NO/c1-3-22-19(27)28-15-14(18(26)29-20(15)10-4-5-11-20)17-23-16(24-25(17)2)12-6-8-13(21)9-7-12;1-21-15(19-14(20-21)10-4-6-11(18)7-5-10)12-13(22)17(24-16(12)23)8-2-3-9-17;1-2-4-3-5/h6-9H,3-5,10-11H2,1-2H3,(H,22,27);4-7,22H,2-3,8-9H2,1H3;2H2,1H3. The molecular weight excluding hydrogens is 791 g/mol. The second kappa shape index (κ2) is 17.8. The van der Waals surface area contributed by atoms with Crippen LogP contribution in [0.5, 0.6) is 0 Å². The Morgan fingerprint density at radius 3 is 1.71 bits per heavy atom. The van der Waals surface area contributed by atoms with E-state index in [9.17, 15) is 19.5 Å². The van der Waals surface area contributed by atoms with E-state index in [1.165, 1.54) is 15.4 Å². The quantitative estimate of drug-likeness (QED) is 0.0831. The number of rotatable bonds is 7. The number of nitrogens with one attached hydrogen (secondary N) is 1. The third-order valence-corrected chi connectivity index (χ3v) is 10.5. The maximum absolute atomic E-state index is 12.8. The van der Waals surface area contributed by atoms with Crippen LogP contribution < -0.4 is 5.32 Å². The molecule has 58 heavy (non-hydrogen) atoms. The monoisotopic (exact) mass is 832 g/mol. The number of aliphatic hydroxyl groups excluding tert-OH is 1. The molecule has 304 valence electrons. The summed E-state index contributed by atoms with van der Waals surface area (Å²) in [6, 6.07) is 14.2. The zero-order chi connectivity index (χ0) is 41.6. The number of isocyanates is 1. The summed E-state index contributed by atoms with van der Waals surface area (Å²) in [6.07, 6.45) is 6.92. The average molecular weight is 834 g/mol. The first kappa shape index (κ1) is 41.8. The van der Waals surface area contributed by atoms with E-state index in [0.29, 0.717) is 72.1 Å². The Morgan fingerprint density at radius 2 is 1.26 bits per heavy atom. The Labute approximate surface area is 343 Å². The number of aliphatic hydroxyl groups is 1. The van der Waals surface area contributed by atoms with Gasteiger partial charge in [-0.3, -0.25) is 0 Å². The van der Waals surface area contributed by atoms with Crippen LogP contribution in [0.1, 0.15) is 76.9 Å². The first-order valence-electron chi connectivity index (χ1n) is 18.8. The largest absolute Gasteiger partial charge is 0.507 e. The molecule has 4 aliphatic rings. The normalized spacial score (nSPS) is 17.3. The maximum Gasteiger partial charge on any atom is 0.412 e. The van der Waals surface area contributed by atoms with Gasteiger partial charge in [0, 0.05) is 48.4 Å². The number of esters is 2. The van der Waals surface area contributed by atoms with Crippen molar-refractivity contribution >= 4 is 58.5 Å². The molecule has 2 spiro atoms. The van der Waals surface area contributed by atoms with Gasteiger partial charge in [-0.05, 0) is 114 Å². The van der Waals surface area contributed by atoms with Crippen molar-refractivity contribution in [2.45, 2.75) is 76.4 Å². The molecule has 0 atom stereocenters. The van der Waals surface area contributed by atoms with Crippen molar-refractivity contribution in [3.8, 4) is 22.8 Å². The van der Waals surface area contributed by atoms with Gasteiger partial charge in [-0.1, -0.05) is 23.2 Å². The fourth-order valence-electron chi connectivity index (χ4n) is 7.28. The number of alkyl carbamates (subject to hydrolysis) is 1. The van der Waals surface area contributed by atoms with Gasteiger partial charge >= 0.3 is 18.0 Å². The molecule has 2 aromatic carbocycles. The number of aryl methyl sites for hydroxylation is 2. The molecule has 18 heteroatoms. The van der Waals surface area contributed by atoms with Gasteiger partial charge in [0.05, 0.1) is 0 Å². The molecule has 0 saturated heterocycles. The Bertz CT molecular complexity index is 2300. The van der Waals surface area contributed by atoms with Crippen molar-refractivity contribution in [1.82, 2.24) is 34.8 Å². The summed E-state index contributed by atoms with van der Waals surface area (Å²) >= 11 is 11.9. The van der Waals surface area contributed by atoms with Crippen LogP contribution in [0.4, 0.5) is 4.79 Å². The van der Waals surface area contributed by atoms with E-state index in [0.717, 1.165) is 36.8 Å². The second-order valence-corrected chi connectivity index (χ2v) is 14.7. The van der Waals surface area contributed by atoms with E-state index in [1.54, 1.807) is 76.5 Å². The molecule has 2 N–H and O–H groups in total. The zero-order valence-corrected chi connectivity index (χ0v) is 33.9. The van der Waals surface area contributed by atoms with Gasteiger partial charge in [-0.25, -0.2) is 43.5 Å². The lowest BCUT2D eigenvalue weighted by Crippen LogP contribution is -2.33. The molecule has 1 amide bonds. The average Bonchev–Trinajstić information content (AvgIpc) is 4.06. The molecule has 0 bridgehead atoms. The van der Waals surface area contributed by atoms with Crippen LogP contribution in [-0.2, 0) is 42.7 Å². The number of hydrogen-bond acceptors (Lipinski definition) is 13. The number of nitrogens with zero attached hydrogens (tertiary/aromatic N) is 7. The van der Waals surface area contributed by atoms with E-state index in [2.05, 4.69) is 30.5 Å². The van der Waals surface area contributed by atoms with E-state index in [4.69, 9.17) is 42.2 Å². The molecule has 16 nitrogen and oxygen atoms in total. The highest BCUT2D eigenvalue weighted by atomic mass is 35.5. The third kappa shape index (κ3) is 8.54. The van der Waals surface area contributed by atoms with E-state index < -0.39 is 29.2 Å². The van der Waals surface area contributed by atoms with Crippen LogP contribution in [0, 0.1) is 0 Å². The van der Waals surface area contributed by atoms with Gasteiger partial charge < -0.3 is 24.6 Å². The van der Waals surface area contributed by atoms with E-state index >= 15 is 0 Å². The Kier molecular flexibility index (Phi) is 12.8. The molecule has 8 rings (SSSR count). The molecule has 2 saturated carbocycles. The van der Waals surface area contributed by atoms with Crippen LogP contribution in [0.15, 0.2) is 65.0 Å². The molecule has 4 aromatic rings. The molecule has 2 aliphatic carbocycles. The third-order valence-electron chi connectivity index (χ3n) is 10.0. The molecule has 2 aromatic heterocycles. The fourth-order valence-corrected chi connectivity index (χ4v) is 7.53. The summed E-state index contributed by atoms with van der Waals surface area (Å²) in [5.41, 5.74) is 0.0247. The van der Waals surface area contributed by atoms with Crippen LogP contribution in [-0.4, -0.2) is 83.0 Å². The van der Waals surface area contributed by atoms with Crippen molar-refractivity contribution in [2.75, 3.05) is 13.1 Å². The van der Waals surface area contributed by atoms with Crippen LogP contribution in [0.2, 0.25) is 10.0 Å². The number of benzene rings is 2. The zero-order valence-electron chi connectivity index (χ0n) is 32.4. The van der Waals surface area contributed by atoms with Gasteiger partial charge in [0.1, 0.15) is 11.1 Å². The van der Waals surface area contributed by atoms with E-state index in [1.807, 2.05) is 0 Å². The Morgan fingerprint density at radius 1 is 0.810 bits per heavy atom. The summed E-state index contributed by atoms with van der Waals surface area (Å²) in [5, 5.41) is 23.2. The highest BCUT2D eigenvalue weighted by Gasteiger charge is 2.54. The summed E-state index contributed by atoms with van der Waals surface area (Å²) in [4.78, 5) is 58.6. The number of halogens is 2. The van der Waals surface area contributed by atoms with Crippen molar-refractivity contribution in [3.05, 3.63) is 81.7 Å². The fraction of sp³-hybridized carbons (Fsp3) is 0.400. The second-order valence-electron chi connectivity index (χ2n) is 13.9. The smallest absolute Gasteiger partial charge is 0.412 e. The van der Waals surface area contributed by atoms with Crippen molar-refractivity contribution in [1.29, 1.82) is 0 Å². The summed E-state index contributed by atoms with van der Waals surface area (Å²) in [7, 11) is 3.38. The number of aliphatic imine (C=N–C) groups is 1. The minimum absolute atomic E-state index is 0.0110. The van der Waals surface area contributed by atoms with Crippen molar-refractivity contribution < 1.29 is 38.5 Å². The first-order chi connectivity index (χ1) is 27.8. The Hall–Kier alpha value is -5.83. The topological polar surface area (TPSA) is 202 Å². The van der Waals surface area contributed by atoms with Gasteiger partial charge in [0.25, 0.3) is 0 Å². The molecule has 2 fully saturated rings. The Balaban J connectivity index is 0.000000178.